The number of H-pyrrole nitrogens is 1. The standard InChI is InChI=1S/C5H3ClN2O3/c6-4-1-3(9)2-5(7-4)8(10)11/h1-2H,(H,7,9). The Hall–Kier alpha value is -1.36. The number of nitrogens with zero attached hydrogens (tertiary/aromatic N) is 1. The Kier molecular flexibility index (Phi) is 1.91. The lowest BCUT2D eigenvalue weighted by Crippen LogP contribution is -2.02. The highest BCUT2D eigenvalue weighted by Gasteiger charge is 2.05. The molecule has 0 unspecified atom stereocenters. The van der Waals surface area contributed by atoms with E-state index in [4.69, 9.17) is 11.6 Å². The van der Waals surface area contributed by atoms with Crippen molar-refractivity contribution in [2.24, 2.45) is 0 Å². The Morgan fingerprint density at radius 2 is 2.18 bits per heavy atom. The van der Waals surface area contributed by atoms with Gasteiger partial charge >= 0.3 is 5.82 Å². The highest BCUT2D eigenvalue weighted by atomic mass is 35.5. The summed E-state index contributed by atoms with van der Waals surface area (Å²) in [6, 6.07) is 1.93. The highest BCUT2D eigenvalue weighted by molar-refractivity contribution is 6.29. The lowest BCUT2D eigenvalue weighted by molar-refractivity contribution is -0.389. The van der Waals surface area contributed by atoms with Crippen LogP contribution in [0, 0.1) is 10.1 Å². The molecule has 0 amide bonds. The molecule has 58 valence electrons. The summed E-state index contributed by atoms with van der Waals surface area (Å²) < 4.78 is 0. The number of nitro groups is 1. The van der Waals surface area contributed by atoms with Crippen LogP contribution < -0.4 is 5.43 Å². The Morgan fingerprint density at radius 3 is 2.64 bits per heavy atom. The summed E-state index contributed by atoms with van der Waals surface area (Å²) in [4.78, 5) is 22.2. The van der Waals surface area contributed by atoms with Crippen molar-refractivity contribution >= 4 is 17.4 Å². The maximum Gasteiger partial charge on any atom is 0.325 e. The Bertz CT molecular complexity index is 346. The van der Waals surface area contributed by atoms with E-state index in [1.807, 2.05) is 0 Å². The molecule has 0 radical (unpaired) electrons. The monoisotopic (exact) mass is 174 g/mol. The minimum Gasteiger partial charge on any atom is -0.358 e. The minimum atomic E-state index is -0.715. The van der Waals surface area contributed by atoms with Crippen LogP contribution in [0.25, 0.3) is 0 Å². The van der Waals surface area contributed by atoms with Crippen LogP contribution in [0.2, 0.25) is 5.15 Å². The number of aromatic nitrogens is 1. The molecule has 1 N–H and O–H groups in total. The van der Waals surface area contributed by atoms with Gasteiger partial charge in [0, 0.05) is 6.07 Å². The SMILES string of the molecule is O=c1cc(Cl)[nH]c([N+](=O)[O-])c1. The van der Waals surface area contributed by atoms with Crippen molar-refractivity contribution < 1.29 is 4.92 Å². The molecular formula is C5H3ClN2O3. The average Bonchev–Trinajstić information content (AvgIpc) is 1.85. The van der Waals surface area contributed by atoms with Crippen LogP contribution in [0.4, 0.5) is 5.82 Å². The van der Waals surface area contributed by atoms with Gasteiger partial charge < -0.3 is 10.1 Å². The van der Waals surface area contributed by atoms with Crippen molar-refractivity contribution in [2.45, 2.75) is 0 Å². The third kappa shape index (κ3) is 1.78. The molecule has 6 heteroatoms. The molecule has 0 spiro atoms. The number of pyridine rings is 1. The van der Waals surface area contributed by atoms with Gasteiger partial charge in [0.2, 0.25) is 0 Å². The van der Waals surface area contributed by atoms with Crippen LogP contribution in [0.3, 0.4) is 0 Å². The molecule has 1 heterocycles. The van der Waals surface area contributed by atoms with Gasteiger partial charge in [-0.15, -0.1) is 0 Å². The van der Waals surface area contributed by atoms with Gasteiger partial charge in [-0.25, -0.2) is 4.98 Å². The first-order valence-corrected chi connectivity index (χ1v) is 3.01. The number of hydrogen-bond donors (Lipinski definition) is 1. The van der Waals surface area contributed by atoms with Gasteiger partial charge in [0.1, 0.15) is 0 Å². The first kappa shape index (κ1) is 7.74. The zero-order valence-corrected chi connectivity index (χ0v) is 5.96. The van der Waals surface area contributed by atoms with Gasteiger partial charge in [-0.05, 0) is 16.5 Å². The zero-order valence-electron chi connectivity index (χ0n) is 5.20. The average molecular weight is 175 g/mol. The molecule has 0 fully saturated rings. The lowest BCUT2D eigenvalue weighted by Gasteiger charge is -1.91. The molecule has 0 aliphatic heterocycles. The second kappa shape index (κ2) is 2.71. The molecule has 0 saturated carbocycles. The van der Waals surface area contributed by atoms with Gasteiger partial charge in [0.25, 0.3) is 0 Å². The summed E-state index contributed by atoms with van der Waals surface area (Å²) in [6.07, 6.45) is 0. The second-order valence-electron chi connectivity index (χ2n) is 1.81. The van der Waals surface area contributed by atoms with Crippen LogP contribution in [0.5, 0.6) is 0 Å². The van der Waals surface area contributed by atoms with E-state index in [0.717, 1.165) is 12.1 Å². The van der Waals surface area contributed by atoms with Crippen LogP contribution in [0.15, 0.2) is 16.9 Å². The van der Waals surface area contributed by atoms with Gasteiger partial charge in [-0.1, -0.05) is 0 Å². The van der Waals surface area contributed by atoms with Gasteiger partial charge in [0.05, 0.1) is 6.07 Å². The number of hydrogen-bond acceptors (Lipinski definition) is 3. The zero-order chi connectivity index (χ0) is 8.43. The minimum absolute atomic E-state index is 0.0378. The van der Waals surface area contributed by atoms with E-state index in [0.29, 0.717) is 0 Å². The van der Waals surface area contributed by atoms with Gasteiger partial charge in [0.15, 0.2) is 10.6 Å². The van der Waals surface area contributed by atoms with E-state index in [2.05, 4.69) is 4.98 Å². The highest BCUT2D eigenvalue weighted by Crippen LogP contribution is 2.07. The molecular weight excluding hydrogens is 172 g/mol. The molecule has 1 rings (SSSR count). The molecule has 5 nitrogen and oxygen atoms in total. The molecule has 0 aliphatic rings. The summed E-state index contributed by atoms with van der Waals surface area (Å²) in [5, 5.41) is 10.0. The predicted molar refractivity (Wildman–Crippen MR) is 38.7 cm³/mol. The summed E-state index contributed by atoms with van der Waals surface area (Å²) >= 11 is 5.33. The molecule has 0 aliphatic carbocycles. The van der Waals surface area contributed by atoms with Crippen molar-refractivity contribution in [3.63, 3.8) is 0 Å². The van der Waals surface area contributed by atoms with Gasteiger partial charge in [-0.3, -0.25) is 4.79 Å². The van der Waals surface area contributed by atoms with E-state index in [1.165, 1.54) is 0 Å². The maximum atomic E-state index is 10.6. The molecule has 0 saturated heterocycles. The van der Waals surface area contributed by atoms with Crippen LogP contribution in [-0.4, -0.2) is 9.91 Å². The van der Waals surface area contributed by atoms with E-state index < -0.39 is 16.2 Å². The third-order valence-electron chi connectivity index (χ3n) is 0.992. The normalized spacial score (nSPS) is 9.55. The largest absolute Gasteiger partial charge is 0.358 e. The van der Waals surface area contributed by atoms with E-state index >= 15 is 0 Å². The molecule has 0 aromatic carbocycles. The summed E-state index contributed by atoms with van der Waals surface area (Å²) in [5.74, 6) is -0.400. The quantitative estimate of drug-likeness (QED) is 0.391. The van der Waals surface area contributed by atoms with E-state index in [9.17, 15) is 14.9 Å². The van der Waals surface area contributed by atoms with Crippen molar-refractivity contribution in [3.8, 4) is 0 Å². The first-order valence-electron chi connectivity index (χ1n) is 2.64. The fourth-order valence-electron chi connectivity index (χ4n) is 0.594. The Labute approximate surface area is 65.8 Å². The van der Waals surface area contributed by atoms with Gasteiger partial charge in [-0.2, -0.15) is 0 Å². The maximum absolute atomic E-state index is 10.6. The fraction of sp³-hybridized carbons (Fsp3) is 0. The topological polar surface area (TPSA) is 76.0 Å². The molecule has 0 bridgehead atoms. The van der Waals surface area contributed by atoms with E-state index in [1.54, 1.807) is 0 Å². The Balaban J connectivity index is 3.30. The van der Waals surface area contributed by atoms with E-state index in [-0.39, 0.29) is 5.15 Å². The number of rotatable bonds is 1. The summed E-state index contributed by atoms with van der Waals surface area (Å²) in [6.45, 7) is 0. The number of aromatic amines is 1. The number of halogens is 1. The molecule has 1 aromatic heterocycles. The van der Waals surface area contributed by atoms with Crippen LogP contribution >= 0.6 is 11.6 Å². The number of nitrogens with one attached hydrogen (secondary N) is 1. The fourth-order valence-corrected chi connectivity index (χ4v) is 0.799. The van der Waals surface area contributed by atoms with Crippen molar-refractivity contribution in [1.82, 2.24) is 4.98 Å². The smallest absolute Gasteiger partial charge is 0.325 e. The first-order chi connectivity index (χ1) is 5.09. The van der Waals surface area contributed by atoms with Crippen molar-refractivity contribution in [2.75, 3.05) is 0 Å². The van der Waals surface area contributed by atoms with Crippen LogP contribution in [0.1, 0.15) is 0 Å². The van der Waals surface area contributed by atoms with Crippen molar-refractivity contribution in [3.05, 3.63) is 37.6 Å². The second-order valence-corrected chi connectivity index (χ2v) is 2.21. The predicted octanol–water partition coefficient (Wildman–Crippen LogP) is 0.936. The molecule has 1 aromatic rings. The Morgan fingerprint density at radius 1 is 1.55 bits per heavy atom. The summed E-state index contributed by atoms with van der Waals surface area (Å²) in [7, 11) is 0. The molecule has 0 atom stereocenters. The van der Waals surface area contributed by atoms with Crippen LogP contribution in [-0.2, 0) is 0 Å². The molecule has 11 heavy (non-hydrogen) atoms. The third-order valence-corrected chi connectivity index (χ3v) is 1.20. The summed E-state index contributed by atoms with van der Waals surface area (Å²) in [5.41, 5.74) is -0.486. The lowest BCUT2D eigenvalue weighted by atomic mass is 10.4. The van der Waals surface area contributed by atoms with Crippen molar-refractivity contribution in [1.29, 1.82) is 0 Å².